The van der Waals surface area contributed by atoms with E-state index >= 15 is 0 Å². The second-order valence-electron chi connectivity index (χ2n) is 4.63. The molecule has 1 aromatic heterocycles. The summed E-state index contributed by atoms with van der Waals surface area (Å²) in [6, 6.07) is 8.71. The van der Waals surface area contributed by atoms with Gasteiger partial charge in [0, 0.05) is 16.2 Å². The van der Waals surface area contributed by atoms with Crippen LogP contribution in [0.25, 0.3) is 0 Å². The van der Waals surface area contributed by atoms with Crippen LogP contribution in [0.1, 0.15) is 11.1 Å². The van der Waals surface area contributed by atoms with Crippen molar-refractivity contribution in [1.82, 2.24) is 4.98 Å². The molecule has 0 fully saturated rings. The quantitative estimate of drug-likeness (QED) is 0.811. The summed E-state index contributed by atoms with van der Waals surface area (Å²) >= 11 is 17.9. The highest BCUT2D eigenvalue weighted by Crippen LogP contribution is 2.25. The molecule has 0 spiro atoms. The average molecular weight is 345 g/mol. The molecule has 0 radical (unpaired) electrons. The molecule has 0 aliphatic rings. The normalized spacial score (nSPS) is 12.1. The monoisotopic (exact) mass is 343 g/mol. The Morgan fingerprint density at radius 1 is 1.10 bits per heavy atom. The van der Waals surface area contributed by atoms with Crippen molar-refractivity contribution in [3.63, 3.8) is 0 Å². The summed E-state index contributed by atoms with van der Waals surface area (Å²) in [6.07, 6.45) is 2.10. The molecule has 0 amide bonds. The third-order valence-electron chi connectivity index (χ3n) is 3.14. The van der Waals surface area contributed by atoms with Gasteiger partial charge in [0.1, 0.15) is 5.15 Å². The number of pyridine rings is 1. The molecule has 0 bridgehead atoms. The smallest absolute Gasteiger partial charge is 0.307 e. The maximum absolute atomic E-state index is 11.5. The van der Waals surface area contributed by atoms with Gasteiger partial charge in [-0.25, -0.2) is 4.98 Å². The predicted octanol–water partition coefficient (Wildman–Crippen LogP) is 4.53. The van der Waals surface area contributed by atoms with E-state index in [1.807, 2.05) is 18.2 Å². The molecule has 0 aliphatic carbocycles. The van der Waals surface area contributed by atoms with Gasteiger partial charge in [0.15, 0.2) is 0 Å². The molecule has 1 aromatic carbocycles. The number of nitrogens with zero attached hydrogens (tertiary/aromatic N) is 1. The highest BCUT2D eigenvalue weighted by atomic mass is 35.5. The zero-order valence-electron chi connectivity index (χ0n) is 10.9. The Morgan fingerprint density at radius 3 is 2.38 bits per heavy atom. The van der Waals surface area contributed by atoms with Gasteiger partial charge in [0.25, 0.3) is 0 Å². The molecular formula is C15H12Cl3NO2. The van der Waals surface area contributed by atoms with Crippen LogP contribution in [-0.4, -0.2) is 16.1 Å². The van der Waals surface area contributed by atoms with Gasteiger partial charge < -0.3 is 5.11 Å². The first-order valence-electron chi connectivity index (χ1n) is 6.23. The number of aromatic nitrogens is 1. The van der Waals surface area contributed by atoms with Crippen molar-refractivity contribution in [3.05, 3.63) is 62.9 Å². The molecule has 1 heterocycles. The Bertz CT molecular complexity index is 661. The third-order valence-corrected chi connectivity index (χ3v) is 4.06. The standard InChI is InChI=1S/C15H12Cl3NO2/c16-12-4-2-1-3-9(12)5-10(15(20)21)6-11-8-19-14(18)7-13(11)17/h1-4,7-8,10H,5-6H2,(H,20,21). The molecule has 3 nitrogen and oxygen atoms in total. The topological polar surface area (TPSA) is 50.2 Å². The molecular weight excluding hydrogens is 333 g/mol. The van der Waals surface area contributed by atoms with E-state index in [1.165, 1.54) is 12.3 Å². The lowest BCUT2D eigenvalue weighted by Gasteiger charge is -2.14. The molecule has 21 heavy (non-hydrogen) atoms. The summed E-state index contributed by atoms with van der Waals surface area (Å²) in [4.78, 5) is 15.4. The zero-order chi connectivity index (χ0) is 15.4. The Hall–Kier alpha value is -1.29. The van der Waals surface area contributed by atoms with Crippen LogP contribution in [0.2, 0.25) is 15.2 Å². The van der Waals surface area contributed by atoms with Crippen molar-refractivity contribution in [3.8, 4) is 0 Å². The van der Waals surface area contributed by atoms with Crippen LogP contribution >= 0.6 is 34.8 Å². The molecule has 1 N–H and O–H groups in total. The van der Waals surface area contributed by atoms with Crippen LogP contribution in [0.4, 0.5) is 0 Å². The molecule has 0 aliphatic heterocycles. The lowest BCUT2D eigenvalue weighted by Crippen LogP contribution is -2.19. The van der Waals surface area contributed by atoms with Crippen molar-refractivity contribution < 1.29 is 9.90 Å². The summed E-state index contributed by atoms with van der Waals surface area (Å²) in [5.41, 5.74) is 1.45. The molecule has 1 unspecified atom stereocenters. The van der Waals surface area contributed by atoms with Gasteiger partial charge in [-0.15, -0.1) is 0 Å². The zero-order valence-corrected chi connectivity index (χ0v) is 13.2. The molecule has 2 aromatic rings. The Kier molecular flexibility index (Phi) is 5.45. The van der Waals surface area contributed by atoms with E-state index in [-0.39, 0.29) is 11.6 Å². The third kappa shape index (κ3) is 4.34. The number of hydrogen-bond acceptors (Lipinski definition) is 2. The minimum Gasteiger partial charge on any atom is -0.481 e. The highest BCUT2D eigenvalue weighted by molar-refractivity contribution is 6.34. The van der Waals surface area contributed by atoms with Gasteiger partial charge >= 0.3 is 5.97 Å². The average Bonchev–Trinajstić information content (AvgIpc) is 2.42. The lowest BCUT2D eigenvalue weighted by atomic mass is 9.93. The number of carboxylic acids is 1. The molecule has 2 rings (SSSR count). The molecule has 110 valence electrons. The number of rotatable bonds is 5. The number of aliphatic carboxylic acids is 1. The van der Waals surface area contributed by atoms with Gasteiger partial charge in [-0.3, -0.25) is 4.79 Å². The number of halogens is 3. The Morgan fingerprint density at radius 2 is 1.76 bits per heavy atom. The summed E-state index contributed by atoms with van der Waals surface area (Å²) < 4.78 is 0. The van der Waals surface area contributed by atoms with Crippen molar-refractivity contribution in [2.24, 2.45) is 5.92 Å². The van der Waals surface area contributed by atoms with Gasteiger partial charge in [0.05, 0.1) is 5.92 Å². The lowest BCUT2D eigenvalue weighted by molar-refractivity contribution is -0.141. The number of carboxylic acid groups (broad SMARTS) is 1. The fourth-order valence-corrected chi connectivity index (χ4v) is 2.68. The number of carbonyl (C=O) groups is 1. The van der Waals surface area contributed by atoms with E-state index < -0.39 is 11.9 Å². The minimum atomic E-state index is -0.902. The summed E-state index contributed by atoms with van der Waals surface area (Å²) in [5.74, 6) is -1.54. The van der Waals surface area contributed by atoms with Crippen molar-refractivity contribution in [2.75, 3.05) is 0 Å². The first-order chi connectivity index (χ1) is 9.97. The predicted molar refractivity (Wildman–Crippen MR) is 84.2 cm³/mol. The van der Waals surface area contributed by atoms with Gasteiger partial charge in [-0.2, -0.15) is 0 Å². The maximum Gasteiger partial charge on any atom is 0.307 e. The second kappa shape index (κ2) is 7.12. The van der Waals surface area contributed by atoms with E-state index in [2.05, 4.69) is 4.98 Å². The summed E-state index contributed by atoms with van der Waals surface area (Å²) in [5, 5.41) is 10.7. The second-order valence-corrected chi connectivity index (χ2v) is 5.83. The molecule has 0 saturated heterocycles. The van der Waals surface area contributed by atoms with E-state index in [0.717, 1.165) is 5.56 Å². The van der Waals surface area contributed by atoms with Crippen LogP contribution in [0.3, 0.4) is 0 Å². The van der Waals surface area contributed by atoms with Crippen LogP contribution < -0.4 is 0 Å². The first kappa shape index (κ1) is 16.1. The maximum atomic E-state index is 11.5. The van der Waals surface area contributed by atoms with Crippen molar-refractivity contribution >= 4 is 40.8 Å². The molecule has 0 saturated carbocycles. The van der Waals surface area contributed by atoms with E-state index in [9.17, 15) is 9.90 Å². The summed E-state index contributed by atoms with van der Waals surface area (Å²) in [6.45, 7) is 0. The van der Waals surface area contributed by atoms with Gasteiger partial charge in [-0.1, -0.05) is 53.0 Å². The minimum absolute atomic E-state index is 0.267. The van der Waals surface area contributed by atoms with Gasteiger partial charge in [-0.05, 0) is 36.1 Å². The molecule has 6 heteroatoms. The van der Waals surface area contributed by atoms with Crippen LogP contribution in [0.5, 0.6) is 0 Å². The van der Waals surface area contributed by atoms with Crippen LogP contribution in [0.15, 0.2) is 36.5 Å². The Labute approximate surface area is 137 Å². The fourth-order valence-electron chi connectivity index (χ4n) is 2.03. The van der Waals surface area contributed by atoms with Crippen molar-refractivity contribution in [1.29, 1.82) is 0 Å². The van der Waals surface area contributed by atoms with E-state index in [0.29, 0.717) is 22.0 Å². The van der Waals surface area contributed by atoms with E-state index in [4.69, 9.17) is 34.8 Å². The fraction of sp³-hybridized carbons (Fsp3) is 0.200. The van der Waals surface area contributed by atoms with Crippen molar-refractivity contribution in [2.45, 2.75) is 12.8 Å². The highest BCUT2D eigenvalue weighted by Gasteiger charge is 2.21. The Balaban J connectivity index is 2.20. The van der Waals surface area contributed by atoms with E-state index in [1.54, 1.807) is 6.07 Å². The summed E-state index contributed by atoms with van der Waals surface area (Å²) in [7, 11) is 0. The number of hydrogen-bond donors (Lipinski definition) is 1. The molecule has 1 atom stereocenters. The van der Waals surface area contributed by atoms with Crippen LogP contribution in [0, 0.1) is 5.92 Å². The van der Waals surface area contributed by atoms with Crippen LogP contribution in [-0.2, 0) is 17.6 Å². The van der Waals surface area contributed by atoms with Gasteiger partial charge in [0.2, 0.25) is 0 Å². The first-order valence-corrected chi connectivity index (χ1v) is 7.37. The number of benzene rings is 1. The largest absolute Gasteiger partial charge is 0.481 e. The SMILES string of the molecule is O=C(O)C(Cc1ccccc1Cl)Cc1cnc(Cl)cc1Cl.